The van der Waals surface area contributed by atoms with E-state index in [1.165, 1.54) is 11.8 Å². The van der Waals surface area contributed by atoms with Gasteiger partial charge >= 0.3 is 0 Å². The molecule has 0 aromatic heterocycles. The predicted octanol–water partition coefficient (Wildman–Crippen LogP) is 4.90. The van der Waals surface area contributed by atoms with Crippen molar-refractivity contribution in [3.8, 4) is 0 Å². The molecule has 0 spiro atoms. The number of hydrogen-bond acceptors (Lipinski definition) is 4. The highest BCUT2D eigenvalue weighted by molar-refractivity contribution is 8.01. The molecule has 1 atom stereocenters. The van der Waals surface area contributed by atoms with Crippen LogP contribution in [-0.2, 0) is 9.59 Å². The van der Waals surface area contributed by atoms with Gasteiger partial charge in [0.15, 0.2) is 11.0 Å². The number of carbonyl (C=O) groups is 2. The molecule has 0 saturated carbocycles. The van der Waals surface area contributed by atoms with E-state index in [4.69, 9.17) is 0 Å². The van der Waals surface area contributed by atoms with Gasteiger partial charge in [0.05, 0.1) is 5.69 Å². The van der Waals surface area contributed by atoms with Crippen LogP contribution in [0.15, 0.2) is 65.6 Å². The molecule has 0 saturated heterocycles. The minimum absolute atomic E-state index is 0.109. The number of ketones is 1. The van der Waals surface area contributed by atoms with Crippen molar-refractivity contribution in [2.75, 3.05) is 32.1 Å². The van der Waals surface area contributed by atoms with Crippen molar-refractivity contribution < 1.29 is 9.59 Å². The molecule has 1 unspecified atom stereocenters. The second-order valence-corrected chi connectivity index (χ2v) is 8.95. The molecular formula is C25H30N2O2S. The number of allylic oxidation sites excluding steroid dienone is 2. The van der Waals surface area contributed by atoms with E-state index in [1.54, 1.807) is 11.0 Å². The second kappa shape index (κ2) is 10.6. The van der Waals surface area contributed by atoms with E-state index < -0.39 is 5.25 Å². The van der Waals surface area contributed by atoms with Crippen LogP contribution in [0, 0.1) is 0 Å². The molecule has 30 heavy (non-hydrogen) atoms. The van der Waals surface area contributed by atoms with Crippen LogP contribution in [-0.4, -0.2) is 49.0 Å². The topological polar surface area (TPSA) is 40.6 Å². The van der Waals surface area contributed by atoms with Gasteiger partial charge in [-0.2, -0.15) is 0 Å². The van der Waals surface area contributed by atoms with Gasteiger partial charge in [-0.15, -0.1) is 11.8 Å². The lowest BCUT2D eigenvalue weighted by atomic mass is 9.99. The van der Waals surface area contributed by atoms with Crippen LogP contribution in [0.25, 0.3) is 5.57 Å². The number of hydrogen-bond donors (Lipinski definition) is 0. The van der Waals surface area contributed by atoms with Crippen LogP contribution in [0.5, 0.6) is 0 Å². The Hall–Kier alpha value is -2.37. The van der Waals surface area contributed by atoms with Crippen LogP contribution in [0.4, 0.5) is 5.69 Å². The average Bonchev–Trinajstić information content (AvgIpc) is 2.75. The van der Waals surface area contributed by atoms with Gasteiger partial charge in [0.1, 0.15) is 0 Å². The fourth-order valence-corrected chi connectivity index (χ4v) is 4.76. The molecule has 1 amide bonds. The number of thioether (sulfide) groups is 1. The third-order valence-electron chi connectivity index (χ3n) is 5.12. The van der Waals surface area contributed by atoms with Gasteiger partial charge in [0.25, 0.3) is 0 Å². The molecular weight excluding hydrogens is 392 g/mol. The maximum atomic E-state index is 13.3. The minimum atomic E-state index is -0.727. The molecule has 1 heterocycles. The first kappa shape index (κ1) is 22.3. The number of carbonyl (C=O) groups excluding carboxylic acids is 2. The molecule has 2 aromatic carbocycles. The van der Waals surface area contributed by atoms with E-state index >= 15 is 0 Å². The summed E-state index contributed by atoms with van der Waals surface area (Å²) in [6, 6.07) is 17.8. The molecule has 0 bridgehead atoms. The van der Waals surface area contributed by atoms with Crippen molar-refractivity contribution in [3.05, 3.63) is 66.2 Å². The van der Waals surface area contributed by atoms with Crippen molar-refractivity contribution >= 4 is 34.7 Å². The molecule has 0 aliphatic carbocycles. The van der Waals surface area contributed by atoms with Crippen molar-refractivity contribution in [1.29, 1.82) is 0 Å². The largest absolute Gasteiger partial charge is 0.310 e. The molecule has 0 fully saturated rings. The van der Waals surface area contributed by atoms with E-state index in [2.05, 4.69) is 11.8 Å². The third-order valence-corrected chi connectivity index (χ3v) is 6.39. The number of anilines is 1. The van der Waals surface area contributed by atoms with Crippen molar-refractivity contribution in [2.24, 2.45) is 0 Å². The monoisotopic (exact) mass is 422 g/mol. The van der Waals surface area contributed by atoms with Crippen molar-refractivity contribution in [1.82, 2.24) is 4.90 Å². The zero-order valence-corrected chi connectivity index (χ0v) is 18.8. The highest BCUT2D eigenvalue weighted by Gasteiger charge is 2.37. The van der Waals surface area contributed by atoms with Gasteiger partial charge in [-0.3, -0.25) is 9.59 Å². The zero-order valence-electron chi connectivity index (χ0n) is 18.0. The first-order valence-corrected chi connectivity index (χ1v) is 11.4. The summed E-state index contributed by atoms with van der Waals surface area (Å²) in [5.41, 5.74) is 2.95. The molecule has 4 nitrogen and oxygen atoms in total. The van der Waals surface area contributed by atoms with Crippen LogP contribution < -0.4 is 4.90 Å². The summed E-state index contributed by atoms with van der Waals surface area (Å²) in [4.78, 5) is 31.5. The Morgan fingerprint density at radius 1 is 1.10 bits per heavy atom. The van der Waals surface area contributed by atoms with E-state index in [0.29, 0.717) is 6.54 Å². The SMILES string of the molecule is CCCC(=CC(=O)C1Sc2ccccc2N(CCCN(C)C)C1=O)c1ccccc1. The molecule has 0 N–H and O–H groups in total. The summed E-state index contributed by atoms with van der Waals surface area (Å²) in [6.45, 7) is 3.61. The fraction of sp³-hybridized carbons (Fsp3) is 0.360. The van der Waals surface area contributed by atoms with Gasteiger partial charge in [-0.1, -0.05) is 55.8 Å². The van der Waals surface area contributed by atoms with Crippen LogP contribution in [0.2, 0.25) is 0 Å². The van der Waals surface area contributed by atoms with Gasteiger partial charge in [0, 0.05) is 11.4 Å². The van der Waals surface area contributed by atoms with Gasteiger partial charge in [0.2, 0.25) is 5.91 Å². The molecule has 1 aliphatic rings. The quantitative estimate of drug-likeness (QED) is 0.426. The number of fused-ring (bicyclic) bond motifs is 1. The maximum absolute atomic E-state index is 13.3. The number of para-hydroxylation sites is 1. The Kier molecular flexibility index (Phi) is 7.88. The second-order valence-electron chi connectivity index (χ2n) is 7.80. The first-order chi connectivity index (χ1) is 14.5. The third kappa shape index (κ3) is 5.41. The maximum Gasteiger partial charge on any atom is 0.248 e. The fourth-order valence-electron chi connectivity index (χ4n) is 3.64. The number of benzene rings is 2. The van der Waals surface area contributed by atoms with Crippen LogP contribution in [0.3, 0.4) is 0 Å². The minimum Gasteiger partial charge on any atom is -0.310 e. The number of amides is 1. The summed E-state index contributed by atoms with van der Waals surface area (Å²) in [6.07, 6.45) is 4.31. The lowest BCUT2D eigenvalue weighted by Gasteiger charge is -2.33. The lowest BCUT2D eigenvalue weighted by molar-refractivity contribution is -0.123. The van der Waals surface area contributed by atoms with Gasteiger partial charge in [-0.05, 0) is 62.8 Å². The number of nitrogens with zero attached hydrogens (tertiary/aromatic N) is 2. The Bertz CT molecular complexity index is 908. The number of rotatable bonds is 9. The standard InChI is InChI=1S/C25H30N2O2S/c1-4-11-20(19-12-6-5-7-13-19)18-22(28)24-25(29)27(17-10-16-26(2)3)21-14-8-9-15-23(21)30-24/h5-9,12-15,18,24H,4,10-11,16-17H2,1-3H3. The Morgan fingerprint density at radius 3 is 2.50 bits per heavy atom. The highest BCUT2D eigenvalue weighted by atomic mass is 32.2. The summed E-state index contributed by atoms with van der Waals surface area (Å²) in [7, 11) is 4.05. The van der Waals surface area contributed by atoms with E-state index in [9.17, 15) is 9.59 Å². The van der Waals surface area contributed by atoms with E-state index in [0.717, 1.165) is 47.5 Å². The lowest BCUT2D eigenvalue weighted by Crippen LogP contribution is -2.45. The Balaban J connectivity index is 1.87. The van der Waals surface area contributed by atoms with Gasteiger partial charge in [-0.25, -0.2) is 0 Å². The molecule has 1 aliphatic heterocycles. The molecule has 5 heteroatoms. The normalized spacial score (nSPS) is 16.7. The smallest absolute Gasteiger partial charge is 0.248 e. The Labute approximate surface area is 184 Å². The summed E-state index contributed by atoms with van der Waals surface area (Å²) in [5, 5.41) is -0.727. The Morgan fingerprint density at radius 2 is 1.80 bits per heavy atom. The summed E-state index contributed by atoms with van der Waals surface area (Å²) < 4.78 is 0. The van der Waals surface area contributed by atoms with E-state index in [1.807, 2.05) is 68.7 Å². The van der Waals surface area contributed by atoms with Gasteiger partial charge < -0.3 is 9.80 Å². The average molecular weight is 423 g/mol. The zero-order chi connectivity index (χ0) is 21.5. The highest BCUT2D eigenvalue weighted by Crippen LogP contribution is 2.40. The predicted molar refractivity (Wildman–Crippen MR) is 126 cm³/mol. The molecule has 2 aromatic rings. The van der Waals surface area contributed by atoms with Crippen LogP contribution in [0.1, 0.15) is 31.7 Å². The summed E-state index contributed by atoms with van der Waals surface area (Å²) in [5.74, 6) is -0.230. The molecule has 158 valence electrons. The molecule has 0 radical (unpaired) electrons. The van der Waals surface area contributed by atoms with Crippen molar-refractivity contribution in [3.63, 3.8) is 0 Å². The molecule has 3 rings (SSSR count). The first-order valence-electron chi connectivity index (χ1n) is 10.5. The van der Waals surface area contributed by atoms with E-state index in [-0.39, 0.29) is 11.7 Å². The van der Waals surface area contributed by atoms with Crippen molar-refractivity contribution in [2.45, 2.75) is 36.3 Å². The van der Waals surface area contributed by atoms with Crippen LogP contribution >= 0.6 is 11.8 Å². The summed E-state index contributed by atoms with van der Waals surface area (Å²) >= 11 is 1.38.